The maximum Gasteiger partial charge on any atom is 0.332 e. The first kappa shape index (κ1) is 26.9. The van der Waals surface area contributed by atoms with Crippen LogP contribution in [-0.4, -0.2) is 34.8 Å². The third kappa shape index (κ3) is 5.16. The Balaban J connectivity index is 1.59. The smallest absolute Gasteiger partial charge is 0.324 e. The molecule has 1 saturated carbocycles. The molecule has 37 heavy (non-hydrogen) atoms. The molecule has 198 valence electrons. The molecule has 0 atom stereocenters. The summed E-state index contributed by atoms with van der Waals surface area (Å²) in [6.45, 7) is 10.3. The third-order valence-electron chi connectivity index (χ3n) is 7.88. The number of imide groups is 1. The van der Waals surface area contributed by atoms with Crippen molar-refractivity contribution in [2.45, 2.75) is 96.9 Å². The highest BCUT2D eigenvalue weighted by Crippen LogP contribution is 2.44. The molecule has 6 heteroatoms. The quantitative estimate of drug-likeness (QED) is 0.375. The van der Waals surface area contributed by atoms with Crippen LogP contribution in [0.25, 0.3) is 0 Å². The number of carbonyl (C=O) groups excluding carboxylic acids is 3. The summed E-state index contributed by atoms with van der Waals surface area (Å²) in [5.41, 5.74) is 3.97. The number of anilines is 2. The summed E-state index contributed by atoms with van der Waals surface area (Å²) in [6, 6.07) is 13.7. The summed E-state index contributed by atoms with van der Waals surface area (Å²) in [5.74, 6) is -0.147. The molecule has 0 bridgehead atoms. The zero-order valence-corrected chi connectivity index (χ0v) is 23.0. The molecule has 2 aromatic rings. The minimum atomic E-state index is -0.888. The maximum absolute atomic E-state index is 13.8. The molecule has 1 spiro atoms. The van der Waals surface area contributed by atoms with Gasteiger partial charge < -0.3 is 5.32 Å². The number of nitrogens with zero attached hydrogens (tertiary/aromatic N) is 2. The summed E-state index contributed by atoms with van der Waals surface area (Å²) in [6.07, 6.45) is 6.28. The van der Waals surface area contributed by atoms with Crippen molar-refractivity contribution in [2.75, 3.05) is 16.8 Å². The average Bonchev–Trinajstić information content (AvgIpc) is 3.43. The largest absolute Gasteiger partial charge is 0.332 e. The molecule has 2 fully saturated rings. The standard InChI is InChI=1S/C31H41N3O3/c1-6-7-11-23-14-16-24(17-15-23)34-30(37)33(29(36)31(34)18-8-9-19-31)20-27(35)32-28-25(21(2)3)12-10-13-26(28)22(4)5/h10,12-17,21-22H,6-9,11,18-20H2,1-5H3,(H,32,35). The second kappa shape index (κ2) is 11.1. The Morgan fingerprint density at radius 2 is 1.54 bits per heavy atom. The van der Waals surface area contributed by atoms with Gasteiger partial charge in [-0.15, -0.1) is 0 Å². The minimum absolute atomic E-state index is 0.224. The van der Waals surface area contributed by atoms with Crippen LogP contribution in [0.1, 0.15) is 102 Å². The first-order valence-corrected chi connectivity index (χ1v) is 13.9. The fourth-order valence-corrected chi connectivity index (χ4v) is 5.84. The lowest BCUT2D eigenvalue weighted by molar-refractivity contribution is -0.133. The topological polar surface area (TPSA) is 69.7 Å². The van der Waals surface area contributed by atoms with E-state index in [0.29, 0.717) is 12.8 Å². The van der Waals surface area contributed by atoms with Crippen molar-refractivity contribution in [3.63, 3.8) is 0 Å². The van der Waals surface area contributed by atoms with E-state index >= 15 is 0 Å². The molecule has 0 aromatic heterocycles. The Kier molecular flexibility index (Phi) is 8.05. The van der Waals surface area contributed by atoms with Crippen LogP contribution in [0.5, 0.6) is 0 Å². The number of para-hydroxylation sites is 1. The van der Waals surface area contributed by atoms with E-state index in [1.54, 1.807) is 4.90 Å². The molecule has 1 aliphatic carbocycles. The summed E-state index contributed by atoms with van der Waals surface area (Å²) in [4.78, 5) is 43.6. The number of benzene rings is 2. The van der Waals surface area contributed by atoms with Crippen LogP contribution in [0.15, 0.2) is 42.5 Å². The Labute approximate surface area is 221 Å². The van der Waals surface area contributed by atoms with E-state index in [1.807, 2.05) is 30.3 Å². The number of rotatable bonds is 9. The number of carbonyl (C=O) groups is 3. The lowest BCUT2D eigenvalue weighted by atomic mass is 9.92. The molecule has 2 aliphatic rings. The predicted molar refractivity (Wildman–Crippen MR) is 149 cm³/mol. The van der Waals surface area contributed by atoms with Crippen molar-refractivity contribution in [1.29, 1.82) is 0 Å². The molecular formula is C31H41N3O3. The van der Waals surface area contributed by atoms with Gasteiger partial charge in [-0.2, -0.15) is 0 Å². The molecule has 1 saturated heterocycles. The Morgan fingerprint density at radius 3 is 2.08 bits per heavy atom. The minimum Gasteiger partial charge on any atom is -0.324 e. The van der Waals surface area contributed by atoms with Crippen LogP contribution in [0, 0.1) is 0 Å². The van der Waals surface area contributed by atoms with E-state index in [9.17, 15) is 14.4 Å². The molecule has 2 aromatic carbocycles. The Morgan fingerprint density at radius 1 is 0.946 bits per heavy atom. The van der Waals surface area contributed by atoms with Crippen LogP contribution in [0.3, 0.4) is 0 Å². The SMILES string of the molecule is CCCCc1ccc(N2C(=O)N(CC(=O)Nc3c(C(C)C)cccc3C(C)C)C(=O)C23CCCC3)cc1. The Hall–Kier alpha value is -3.15. The van der Waals surface area contributed by atoms with Gasteiger partial charge in [0, 0.05) is 11.4 Å². The van der Waals surface area contributed by atoms with Crippen LogP contribution in [-0.2, 0) is 16.0 Å². The van der Waals surface area contributed by atoms with Gasteiger partial charge in [-0.3, -0.25) is 19.4 Å². The molecule has 4 amide bonds. The van der Waals surface area contributed by atoms with E-state index in [-0.39, 0.29) is 30.2 Å². The van der Waals surface area contributed by atoms with Crippen molar-refractivity contribution >= 4 is 29.2 Å². The van der Waals surface area contributed by atoms with Gasteiger partial charge in [0.25, 0.3) is 5.91 Å². The monoisotopic (exact) mass is 503 g/mol. The Bertz CT molecular complexity index is 1120. The number of hydrogen-bond acceptors (Lipinski definition) is 3. The number of amides is 4. The number of aryl methyl sites for hydroxylation is 1. The van der Waals surface area contributed by atoms with E-state index in [4.69, 9.17) is 0 Å². The number of unbranched alkanes of at least 4 members (excludes halogenated alkanes) is 1. The second-order valence-corrected chi connectivity index (χ2v) is 11.2. The van der Waals surface area contributed by atoms with Crippen LogP contribution in [0.2, 0.25) is 0 Å². The second-order valence-electron chi connectivity index (χ2n) is 11.2. The van der Waals surface area contributed by atoms with Gasteiger partial charge in [-0.1, -0.05) is 84.2 Å². The van der Waals surface area contributed by atoms with Crippen LogP contribution in [0.4, 0.5) is 16.2 Å². The first-order valence-electron chi connectivity index (χ1n) is 13.9. The maximum atomic E-state index is 13.8. The average molecular weight is 504 g/mol. The molecule has 0 unspecified atom stereocenters. The van der Waals surface area contributed by atoms with Gasteiger partial charge >= 0.3 is 6.03 Å². The molecule has 0 radical (unpaired) electrons. The van der Waals surface area contributed by atoms with E-state index in [0.717, 1.165) is 54.6 Å². The predicted octanol–water partition coefficient (Wildman–Crippen LogP) is 7.00. The van der Waals surface area contributed by atoms with Crippen LogP contribution < -0.4 is 10.2 Å². The molecule has 1 heterocycles. The van der Waals surface area contributed by atoms with Crippen LogP contribution >= 0.6 is 0 Å². The zero-order valence-electron chi connectivity index (χ0n) is 23.0. The van der Waals surface area contributed by atoms with Crippen molar-refractivity contribution in [2.24, 2.45) is 0 Å². The van der Waals surface area contributed by atoms with Gasteiger partial charge in [-0.25, -0.2) is 4.79 Å². The van der Waals surface area contributed by atoms with Gasteiger partial charge in [-0.05, 0) is 66.3 Å². The fourth-order valence-electron chi connectivity index (χ4n) is 5.84. The lowest BCUT2D eigenvalue weighted by Crippen LogP contribution is -2.47. The van der Waals surface area contributed by atoms with Crippen molar-refractivity contribution in [3.05, 3.63) is 59.2 Å². The molecule has 1 aliphatic heterocycles. The molecule has 1 N–H and O–H groups in total. The highest BCUT2D eigenvalue weighted by molar-refractivity contribution is 6.18. The van der Waals surface area contributed by atoms with Crippen molar-refractivity contribution in [3.8, 4) is 0 Å². The first-order chi connectivity index (χ1) is 17.7. The number of nitrogens with one attached hydrogen (secondary N) is 1. The van der Waals surface area contributed by atoms with Gasteiger partial charge in [0.15, 0.2) is 0 Å². The van der Waals surface area contributed by atoms with E-state index in [2.05, 4.69) is 52.1 Å². The summed E-state index contributed by atoms with van der Waals surface area (Å²) in [5, 5.41) is 3.07. The summed E-state index contributed by atoms with van der Waals surface area (Å²) >= 11 is 0. The highest BCUT2D eigenvalue weighted by Gasteiger charge is 2.59. The lowest BCUT2D eigenvalue weighted by Gasteiger charge is -2.31. The highest BCUT2D eigenvalue weighted by atomic mass is 16.2. The molecule has 4 rings (SSSR count). The summed E-state index contributed by atoms with van der Waals surface area (Å²) in [7, 11) is 0. The molecular weight excluding hydrogens is 462 g/mol. The van der Waals surface area contributed by atoms with Gasteiger partial charge in [0.05, 0.1) is 0 Å². The van der Waals surface area contributed by atoms with Gasteiger partial charge in [0.1, 0.15) is 12.1 Å². The van der Waals surface area contributed by atoms with Crippen molar-refractivity contribution < 1.29 is 14.4 Å². The van der Waals surface area contributed by atoms with Crippen molar-refractivity contribution in [1.82, 2.24) is 4.90 Å². The number of urea groups is 1. The van der Waals surface area contributed by atoms with Gasteiger partial charge in [0.2, 0.25) is 5.91 Å². The summed E-state index contributed by atoms with van der Waals surface area (Å²) < 4.78 is 0. The molecule has 6 nitrogen and oxygen atoms in total. The number of hydrogen-bond donors (Lipinski definition) is 1. The fraction of sp³-hybridized carbons (Fsp3) is 0.516. The normalized spacial score (nSPS) is 17.1. The third-order valence-corrected chi connectivity index (χ3v) is 7.88. The van der Waals surface area contributed by atoms with E-state index < -0.39 is 11.6 Å². The van der Waals surface area contributed by atoms with E-state index in [1.165, 1.54) is 10.5 Å². The zero-order chi connectivity index (χ0) is 26.7.